The van der Waals surface area contributed by atoms with Crippen LogP contribution in [0.1, 0.15) is 10.4 Å². The molecule has 2 aromatic carbocycles. The smallest absolute Gasteiger partial charge is 0.261 e. The Hall–Kier alpha value is -2.69. The molecule has 0 fully saturated rings. The van der Waals surface area contributed by atoms with E-state index in [0.29, 0.717) is 22.7 Å². The summed E-state index contributed by atoms with van der Waals surface area (Å²) in [6.07, 6.45) is 0. The van der Waals surface area contributed by atoms with E-state index >= 15 is 0 Å². The highest BCUT2D eigenvalue weighted by atomic mass is 16.5. The third-order valence-corrected chi connectivity index (χ3v) is 3.20. The van der Waals surface area contributed by atoms with E-state index < -0.39 is 0 Å². The van der Waals surface area contributed by atoms with Gasteiger partial charge in [-0.2, -0.15) is 0 Å². The number of anilines is 2. The third-order valence-electron chi connectivity index (χ3n) is 3.20. The molecule has 0 radical (unpaired) electrons. The Morgan fingerprint density at radius 1 is 1.10 bits per heavy atom. The second-order valence-corrected chi connectivity index (χ2v) is 4.53. The average Bonchev–Trinajstić information content (AvgIpc) is 2.52. The third kappa shape index (κ3) is 3.08. The van der Waals surface area contributed by atoms with Gasteiger partial charge in [-0.1, -0.05) is 6.07 Å². The molecular formula is C16H18N2O3. The summed E-state index contributed by atoms with van der Waals surface area (Å²) in [5.41, 5.74) is 7.54. The van der Waals surface area contributed by atoms with Crippen LogP contribution in [0.15, 0.2) is 42.5 Å². The lowest BCUT2D eigenvalue weighted by molar-refractivity contribution is 0.0990. The maximum Gasteiger partial charge on any atom is 0.261 e. The molecule has 5 nitrogen and oxygen atoms in total. The summed E-state index contributed by atoms with van der Waals surface area (Å²) < 4.78 is 10.4. The molecule has 2 rings (SSSR count). The summed E-state index contributed by atoms with van der Waals surface area (Å²) in [6, 6.07) is 12.2. The Bertz CT molecular complexity index is 656. The van der Waals surface area contributed by atoms with Crippen molar-refractivity contribution in [1.29, 1.82) is 0 Å². The van der Waals surface area contributed by atoms with Crippen molar-refractivity contribution >= 4 is 17.3 Å². The van der Waals surface area contributed by atoms with Gasteiger partial charge in [-0.15, -0.1) is 0 Å². The number of nitrogens with two attached hydrogens (primary N) is 1. The lowest BCUT2D eigenvalue weighted by Crippen LogP contribution is -2.26. The zero-order valence-electron chi connectivity index (χ0n) is 12.3. The van der Waals surface area contributed by atoms with Gasteiger partial charge in [-0.3, -0.25) is 4.79 Å². The summed E-state index contributed by atoms with van der Waals surface area (Å²) in [7, 11) is 4.78. The quantitative estimate of drug-likeness (QED) is 0.877. The predicted molar refractivity (Wildman–Crippen MR) is 83.1 cm³/mol. The normalized spacial score (nSPS) is 10.0. The molecule has 5 heteroatoms. The lowest BCUT2D eigenvalue weighted by Gasteiger charge is -2.19. The van der Waals surface area contributed by atoms with Gasteiger partial charge in [0.05, 0.1) is 19.8 Å². The zero-order chi connectivity index (χ0) is 15.4. The standard InChI is InChI=1S/C16H18N2O3/c1-18(12-6-4-5-11(17)9-12)16(19)14-8-7-13(20-2)10-15(14)21-3/h4-10H,17H2,1-3H3. The molecule has 0 aromatic heterocycles. The molecule has 0 aliphatic heterocycles. The molecule has 0 bridgehead atoms. The van der Waals surface area contributed by atoms with Crippen LogP contribution in [0.5, 0.6) is 11.5 Å². The first-order chi connectivity index (χ1) is 10.1. The van der Waals surface area contributed by atoms with Crippen LogP contribution in [-0.2, 0) is 0 Å². The van der Waals surface area contributed by atoms with Crippen LogP contribution in [0.3, 0.4) is 0 Å². The topological polar surface area (TPSA) is 64.8 Å². The van der Waals surface area contributed by atoms with Crippen LogP contribution in [0.2, 0.25) is 0 Å². The number of nitrogen functional groups attached to an aromatic ring is 1. The molecule has 0 saturated carbocycles. The van der Waals surface area contributed by atoms with Crippen LogP contribution in [0.25, 0.3) is 0 Å². The number of nitrogens with zero attached hydrogens (tertiary/aromatic N) is 1. The summed E-state index contributed by atoms with van der Waals surface area (Å²) in [5, 5.41) is 0. The van der Waals surface area contributed by atoms with Gasteiger partial charge in [0, 0.05) is 24.5 Å². The number of ether oxygens (including phenoxy) is 2. The van der Waals surface area contributed by atoms with E-state index in [2.05, 4.69) is 0 Å². The largest absolute Gasteiger partial charge is 0.497 e. The summed E-state index contributed by atoms with van der Waals surface area (Å²) >= 11 is 0. The van der Waals surface area contributed by atoms with Gasteiger partial charge in [0.1, 0.15) is 11.5 Å². The van der Waals surface area contributed by atoms with E-state index in [0.717, 1.165) is 5.69 Å². The van der Waals surface area contributed by atoms with E-state index in [9.17, 15) is 4.79 Å². The highest BCUT2D eigenvalue weighted by Crippen LogP contribution is 2.27. The Kier molecular flexibility index (Phi) is 4.33. The van der Waals surface area contributed by atoms with Gasteiger partial charge in [0.2, 0.25) is 0 Å². The van der Waals surface area contributed by atoms with Crippen LogP contribution < -0.4 is 20.1 Å². The van der Waals surface area contributed by atoms with Crippen molar-refractivity contribution in [3.63, 3.8) is 0 Å². The van der Waals surface area contributed by atoms with Gasteiger partial charge in [-0.05, 0) is 30.3 Å². The Labute approximate surface area is 123 Å². The number of rotatable bonds is 4. The molecule has 0 unspecified atom stereocenters. The van der Waals surface area contributed by atoms with Crippen molar-refractivity contribution in [2.24, 2.45) is 0 Å². The van der Waals surface area contributed by atoms with Crippen molar-refractivity contribution in [2.75, 3.05) is 31.9 Å². The Morgan fingerprint density at radius 3 is 2.48 bits per heavy atom. The fraction of sp³-hybridized carbons (Fsp3) is 0.188. The Morgan fingerprint density at radius 2 is 1.86 bits per heavy atom. The van der Waals surface area contributed by atoms with E-state index in [1.165, 1.54) is 12.0 Å². The number of carbonyl (C=O) groups excluding carboxylic acids is 1. The van der Waals surface area contributed by atoms with E-state index in [4.69, 9.17) is 15.2 Å². The van der Waals surface area contributed by atoms with Crippen LogP contribution in [0.4, 0.5) is 11.4 Å². The Balaban J connectivity index is 2.35. The average molecular weight is 286 g/mol. The number of carbonyl (C=O) groups is 1. The molecule has 0 atom stereocenters. The zero-order valence-corrected chi connectivity index (χ0v) is 12.3. The van der Waals surface area contributed by atoms with Gasteiger partial charge < -0.3 is 20.1 Å². The predicted octanol–water partition coefficient (Wildman–Crippen LogP) is 2.56. The number of hydrogen-bond acceptors (Lipinski definition) is 4. The van der Waals surface area contributed by atoms with Crippen molar-refractivity contribution in [1.82, 2.24) is 0 Å². The first kappa shape index (κ1) is 14.7. The van der Waals surface area contributed by atoms with Gasteiger partial charge in [0.15, 0.2) is 0 Å². The second kappa shape index (κ2) is 6.17. The van der Waals surface area contributed by atoms with Crippen LogP contribution in [0, 0.1) is 0 Å². The number of methoxy groups -OCH3 is 2. The summed E-state index contributed by atoms with van der Waals surface area (Å²) in [5.74, 6) is 0.921. The lowest BCUT2D eigenvalue weighted by atomic mass is 10.1. The van der Waals surface area contributed by atoms with Gasteiger partial charge >= 0.3 is 0 Å². The first-order valence-electron chi connectivity index (χ1n) is 6.42. The molecule has 2 N–H and O–H groups in total. The fourth-order valence-electron chi connectivity index (χ4n) is 2.01. The highest BCUT2D eigenvalue weighted by molar-refractivity contribution is 6.07. The SMILES string of the molecule is COc1ccc(C(=O)N(C)c2cccc(N)c2)c(OC)c1. The van der Waals surface area contributed by atoms with Gasteiger partial charge in [-0.25, -0.2) is 0 Å². The van der Waals surface area contributed by atoms with Crippen LogP contribution >= 0.6 is 0 Å². The van der Waals surface area contributed by atoms with E-state index in [1.807, 2.05) is 6.07 Å². The monoisotopic (exact) mass is 286 g/mol. The van der Waals surface area contributed by atoms with E-state index in [-0.39, 0.29) is 5.91 Å². The molecule has 0 aliphatic carbocycles. The minimum absolute atomic E-state index is 0.180. The molecule has 110 valence electrons. The summed E-state index contributed by atoms with van der Waals surface area (Å²) in [6.45, 7) is 0. The van der Waals surface area contributed by atoms with Crippen LogP contribution in [-0.4, -0.2) is 27.2 Å². The van der Waals surface area contributed by atoms with Crippen molar-refractivity contribution in [2.45, 2.75) is 0 Å². The summed E-state index contributed by atoms with van der Waals surface area (Å²) in [4.78, 5) is 14.1. The maximum atomic E-state index is 12.6. The molecule has 0 aliphatic rings. The molecular weight excluding hydrogens is 268 g/mol. The van der Waals surface area contributed by atoms with Crippen molar-refractivity contribution in [3.8, 4) is 11.5 Å². The molecule has 21 heavy (non-hydrogen) atoms. The molecule has 0 saturated heterocycles. The molecule has 0 spiro atoms. The van der Waals surface area contributed by atoms with Crippen molar-refractivity contribution < 1.29 is 14.3 Å². The number of benzene rings is 2. The molecule has 0 heterocycles. The molecule has 1 amide bonds. The first-order valence-corrected chi connectivity index (χ1v) is 6.42. The minimum Gasteiger partial charge on any atom is -0.497 e. The second-order valence-electron chi connectivity index (χ2n) is 4.53. The molecule has 2 aromatic rings. The van der Waals surface area contributed by atoms with Crippen molar-refractivity contribution in [3.05, 3.63) is 48.0 Å². The number of amides is 1. The van der Waals surface area contributed by atoms with E-state index in [1.54, 1.807) is 50.6 Å². The minimum atomic E-state index is -0.180. The van der Waals surface area contributed by atoms with Gasteiger partial charge in [0.25, 0.3) is 5.91 Å². The fourth-order valence-corrected chi connectivity index (χ4v) is 2.01. The highest BCUT2D eigenvalue weighted by Gasteiger charge is 2.18. The number of hydrogen-bond donors (Lipinski definition) is 1. The maximum absolute atomic E-state index is 12.6.